The average molecular weight is 320 g/mol. The molecular formula is C18H28N2O3. The van der Waals surface area contributed by atoms with Crippen molar-refractivity contribution >= 4 is 5.91 Å². The third kappa shape index (κ3) is 6.10. The van der Waals surface area contributed by atoms with Crippen LogP contribution in [0.15, 0.2) is 24.3 Å². The molecule has 0 saturated carbocycles. The lowest BCUT2D eigenvalue weighted by atomic mass is 10.3. The normalized spacial score (nSPS) is 14.7. The van der Waals surface area contributed by atoms with Gasteiger partial charge in [0.25, 0.3) is 0 Å². The summed E-state index contributed by atoms with van der Waals surface area (Å²) in [7, 11) is 3.51. The second-order valence-corrected chi connectivity index (χ2v) is 5.99. The Kier molecular flexibility index (Phi) is 7.20. The molecule has 5 heteroatoms. The fraction of sp³-hybridized carbons (Fsp3) is 0.611. The average Bonchev–Trinajstić information content (AvgIpc) is 3.08. The number of hydrogen-bond acceptors (Lipinski definition) is 4. The standard InChI is InChI=1S/C18H28N2O3/c1-19(11-5-14-20-12-3-4-13-20)18(21)10-15-23-17-8-6-16(22-2)7-9-17/h6-9H,3-5,10-15H2,1-2H3. The van der Waals surface area contributed by atoms with Gasteiger partial charge in [0.1, 0.15) is 11.5 Å². The van der Waals surface area contributed by atoms with Crippen LogP contribution in [0, 0.1) is 0 Å². The van der Waals surface area contributed by atoms with Crippen LogP contribution in [0.3, 0.4) is 0 Å². The number of ether oxygens (including phenoxy) is 2. The van der Waals surface area contributed by atoms with Crippen LogP contribution < -0.4 is 9.47 Å². The first kappa shape index (κ1) is 17.6. The summed E-state index contributed by atoms with van der Waals surface area (Å²) in [6.07, 6.45) is 4.09. The maximum absolute atomic E-state index is 12.1. The summed E-state index contributed by atoms with van der Waals surface area (Å²) in [6, 6.07) is 7.40. The summed E-state index contributed by atoms with van der Waals surface area (Å²) in [4.78, 5) is 16.4. The van der Waals surface area contributed by atoms with Crippen LogP contribution >= 0.6 is 0 Å². The molecule has 1 saturated heterocycles. The quantitative estimate of drug-likeness (QED) is 0.701. The van der Waals surface area contributed by atoms with Gasteiger partial charge in [-0.05, 0) is 63.2 Å². The first-order valence-electron chi connectivity index (χ1n) is 8.42. The van der Waals surface area contributed by atoms with E-state index in [4.69, 9.17) is 9.47 Å². The fourth-order valence-electron chi connectivity index (χ4n) is 2.78. The predicted octanol–water partition coefficient (Wildman–Crippen LogP) is 2.41. The van der Waals surface area contributed by atoms with Crippen molar-refractivity contribution in [1.29, 1.82) is 0 Å². The molecular weight excluding hydrogens is 292 g/mol. The minimum atomic E-state index is 0.139. The van der Waals surface area contributed by atoms with E-state index in [-0.39, 0.29) is 5.91 Å². The second kappa shape index (κ2) is 9.40. The first-order valence-corrected chi connectivity index (χ1v) is 8.42. The predicted molar refractivity (Wildman–Crippen MR) is 91.0 cm³/mol. The van der Waals surface area contributed by atoms with Gasteiger partial charge in [0.05, 0.1) is 20.1 Å². The molecule has 5 nitrogen and oxygen atoms in total. The van der Waals surface area contributed by atoms with Crippen molar-refractivity contribution in [2.24, 2.45) is 0 Å². The number of carbonyl (C=O) groups is 1. The molecule has 0 spiro atoms. The SMILES string of the molecule is COc1ccc(OCCC(=O)N(C)CCCN2CCCC2)cc1. The van der Waals surface area contributed by atoms with Gasteiger partial charge < -0.3 is 19.3 Å². The topological polar surface area (TPSA) is 42.0 Å². The third-order valence-corrected chi connectivity index (χ3v) is 4.24. The monoisotopic (exact) mass is 320 g/mol. The van der Waals surface area contributed by atoms with Gasteiger partial charge in [-0.1, -0.05) is 0 Å². The lowest BCUT2D eigenvalue weighted by Crippen LogP contribution is -2.31. The highest BCUT2D eigenvalue weighted by molar-refractivity contribution is 5.75. The third-order valence-electron chi connectivity index (χ3n) is 4.24. The molecule has 1 fully saturated rings. The van der Waals surface area contributed by atoms with Crippen molar-refractivity contribution in [3.8, 4) is 11.5 Å². The zero-order valence-electron chi connectivity index (χ0n) is 14.3. The van der Waals surface area contributed by atoms with Gasteiger partial charge in [-0.3, -0.25) is 4.79 Å². The number of methoxy groups -OCH3 is 1. The van der Waals surface area contributed by atoms with Crippen LogP contribution in [-0.4, -0.2) is 62.7 Å². The molecule has 1 aliphatic rings. The van der Waals surface area contributed by atoms with E-state index in [9.17, 15) is 4.79 Å². The molecule has 0 atom stereocenters. The van der Waals surface area contributed by atoms with E-state index in [1.165, 1.54) is 25.9 Å². The highest BCUT2D eigenvalue weighted by Crippen LogP contribution is 2.17. The number of rotatable bonds is 9. The minimum Gasteiger partial charge on any atom is -0.497 e. The van der Waals surface area contributed by atoms with Crippen LogP contribution in [0.25, 0.3) is 0 Å². The maximum atomic E-state index is 12.1. The van der Waals surface area contributed by atoms with Crippen LogP contribution in [0.5, 0.6) is 11.5 Å². The first-order chi connectivity index (χ1) is 11.2. The summed E-state index contributed by atoms with van der Waals surface area (Å²) in [5.41, 5.74) is 0. The Morgan fingerprint density at radius 3 is 2.48 bits per heavy atom. The van der Waals surface area contributed by atoms with Crippen molar-refractivity contribution in [2.45, 2.75) is 25.7 Å². The minimum absolute atomic E-state index is 0.139. The lowest BCUT2D eigenvalue weighted by molar-refractivity contribution is -0.130. The van der Waals surface area contributed by atoms with E-state index in [2.05, 4.69) is 4.90 Å². The van der Waals surface area contributed by atoms with Crippen LogP contribution in [0.4, 0.5) is 0 Å². The number of likely N-dealkylation sites (tertiary alicyclic amines) is 1. The lowest BCUT2D eigenvalue weighted by Gasteiger charge is -2.20. The van der Waals surface area contributed by atoms with E-state index in [0.717, 1.165) is 31.0 Å². The molecule has 0 unspecified atom stereocenters. The van der Waals surface area contributed by atoms with E-state index >= 15 is 0 Å². The molecule has 0 radical (unpaired) electrons. The summed E-state index contributed by atoms with van der Waals surface area (Å²) in [5.74, 6) is 1.70. The number of amides is 1. The molecule has 23 heavy (non-hydrogen) atoms. The van der Waals surface area contributed by atoms with Crippen molar-refractivity contribution in [3.05, 3.63) is 24.3 Å². The van der Waals surface area contributed by atoms with Crippen molar-refractivity contribution in [3.63, 3.8) is 0 Å². The number of carbonyl (C=O) groups excluding carboxylic acids is 1. The molecule has 0 aromatic heterocycles. The number of hydrogen-bond donors (Lipinski definition) is 0. The Hall–Kier alpha value is -1.75. The van der Waals surface area contributed by atoms with E-state index in [1.807, 2.05) is 36.2 Å². The molecule has 2 rings (SSSR count). The largest absolute Gasteiger partial charge is 0.497 e. The maximum Gasteiger partial charge on any atom is 0.225 e. The molecule has 128 valence electrons. The Bertz CT molecular complexity index is 470. The summed E-state index contributed by atoms with van der Waals surface area (Å²) in [6.45, 7) is 4.75. The molecule has 1 aromatic rings. The zero-order valence-corrected chi connectivity index (χ0v) is 14.3. The van der Waals surface area contributed by atoms with Gasteiger partial charge in [-0.15, -0.1) is 0 Å². The van der Waals surface area contributed by atoms with Gasteiger partial charge in [-0.2, -0.15) is 0 Å². The summed E-state index contributed by atoms with van der Waals surface area (Å²) in [5, 5.41) is 0. The Morgan fingerprint density at radius 2 is 1.83 bits per heavy atom. The molecule has 0 bridgehead atoms. The molecule has 1 heterocycles. The second-order valence-electron chi connectivity index (χ2n) is 5.99. The molecule has 0 N–H and O–H groups in total. The smallest absolute Gasteiger partial charge is 0.225 e. The van der Waals surface area contributed by atoms with E-state index in [1.54, 1.807) is 7.11 Å². The highest BCUT2D eigenvalue weighted by atomic mass is 16.5. The number of benzene rings is 1. The Labute approximate surface area is 139 Å². The van der Waals surface area contributed by atoms with Gasteiger partial charge in [0, 0.05) is 13.6 Å². The van der Waals surface area contributed by atoms with E-state index in [0.29, 0.717) is 13.0 Å². The molecule has 0 aliphatic carbocycles. The van der Waals surface area contributed by atoms with Crippen molar-refractivity contribution < 1.29 is 14.3 Å². The zero-order chi connectivity index (χ0) is 16.5. The van der Waals surface area contributed by atoms with Crippen LogP contribution in [0.1, 0.15) is 25.7 Å². The summed E-state index contributed by atoms with van der Waals surface area (Å²) < 4.78 is 10.7. The van der Waals surface area contributed by atoms with Crippen molar-refractivity contribution in [2.75, 3.05) is 46.9 Å². The number of nitrogens with zero attached hydrogens (tertiary/aromatic N) is 2. The Balaban J connectivity index is 1.59. The van der Waals surface area contributed by atoms with Crippen molar-refractivity contribution in [1.82, 2.24) is 9.80 Å². The highest BCUT2D eigenvalue weighted by Gasteiger charge is 2.12. The van der Waals surface area contributed by atoms with Crippen LogP contribution in [-0.2, 0) is 4.79 Å². The van der Waals surface area contributed by atoms with Gasteiger partial charge >= 0.3 is 0 Å². The van der Waals surface area contributed by atoms with E-state index < -0.39 is 0 Å². The Morgan fingerprint density at radius 1 is 1.17 bits per heavy atom. The van der Waals surface area contributed by atoms with Gasteiger partial charge in [0.2, 0.25) is 5.91 Å². The fourth-order valence-corrected chi connectivity index (χ4v) is 2.78. The summed E-state index contributed by atoms with van der Waals surface area (Å²) >= 11 is 0. The van der Waals surface area contributed by atoms with Gasteiger partial charge in [-0.25, -0.2) is 0 Å². The van der Waals surface area contributed by atoms with Gasteiger partial charge in [0.15, 0.2) is 0 Å². The van der Waals surface area contributed by atoms with Crippen LogP contribution in [0.2, 0.25) is 0 Å². The molecule has 1 aliphatic heterocycles. The molecule has 1 amide bonds. The molecule has 1 aromatic carbocycles.